The quantitative estimate of drug-likeness (QED) is 0.124. The van der Waals surface area contributed by atoms with Gasteiger partial charge in [0.25, 0.3) is 0 Å². The van der Waals surface area contributed by atoms with Gasteiger partial charge in [-0.1, -0.05) is 51.9 Å². The lowest BCUT2D eigenvalue weighted by Crippen LogP contribution is -2.11. The minimum absolute atomic E-state index is 0.0474. The predicted octanol–water partition coefficient (Wildman–Crippen LogP) is 7.66. The number of benzene rings is 3. The number of rotatable bonds is 14. The molecule has 3 aromatic carbocycles. The lowest BCUT2D eigenvalue weighted by atomic mass is 10.1. The SMILES string of the molecule is CCCCCCCCCCOc1ccc(C(=O)Oc2ccc(C(=O)Oc3ccc(C#N)cc3)cc2)cc1F. The highest BCUT2D eigenvalue weighted by Crippen LogP contribution is 2.22. The van der Waals surface area contributed by atoms with Crippen LogP contribution in [0, 0.1) is 17.1 Å². The Kier molecular flexibility index (Phi) is 11.3. The summed E-state index contributed by atoms with van der Waals surface area (Å²) >= 11 is 0. The van der Waals surface area contributed by atoms with Crippen molar-refractivity contribution in [3.63, 3.8) is 0 Å². The maximum absolute atomic E-state index is 14.5. The highest BCUT2D eigenvalue weighted by molar-refractivity contribution is 5.92. The summed E-state index contributed by atoms with van der Waals surface area (Å²) in [6.07, 6.45) is 9.35. The molecule has 0 aliphatic heterocycles. The Morgan fingerprint density at radius 3 is 1.84 bits per heavy atom. The Hall–Kier alpha value is -4.18. The summed E-state index contributed by atoms with van der Waals surface area (Å²) in [7, 11) is 0. The first-order chi connectivity index (χ1) is 18.5. The van der Waals surface area contributed by atoms with Crippen LogP contribution in [-0.4, -0.2) is 18.5 Å². The molecule has 7 heteroatoms. The van der Waals surface area contributed by atoms with Crippen molar-refractivity contribution < 1.29 is 28.2 Å². The van der Waals surface area contributed by atoms with E-state index in [9.17, 15) is 14.0 Å². The third kappa shape index (κ3) is 9.04. The van der Waals surface area contributed by atoms with Gasteiger partial charge in [0.2, 0.25) is 0 Å². The molecular formula is C31H32FNO5. The van der Waals surface area contributed by atoms with E-state index < -0.39 is 17.8 Å². The fraction of sp³-hybridized carbons (Fsp3) is 0.323. The van der Waals surface area contributed by atoms with Gasteiger partial charge in [0.1, 0.15) is 11.5 Å². The van der Waals surface area contributed by atoms with Gasteiger partial charge in [0.05, 0.1) is 29.4 Å². The van der Waals surface area contributed by atoms with E-state index in [4.69, 9.17) is 19.5 Å². The van der Waals surface area contributed by atoms with Gasteiger partial charge in [-0.05, 0) is 73.2 Å². The second-order valence-electron chi connectivity index (χ2n) is 8.91. The van der Waals surface area contributed by atoms with E-state index in [1.54, 1.807) is 12.1 Å². The van der Waals surface area contributed by atoms with Gasteiger partial charge in [-0.15, -0.1) is 0 Å². The first-order valence-electron chi connectivity index (χ1n) is 13.0. The number of nitrogens with zero attached hydrogens (tertiary/aromatic N) is 1. The summed E-state index contributed by atoms with van der Waals surface area (Å²) in [5.74, 6) is -1.35. The second kappa shape index (κ2) is 15.2. The fourth-order valence-corrected chi connectivity index (χ4v) is 3.75. The summed E-state index contributed by atoms with van der Waals surface area (Å²) in [5, 5.41) is 8.84. The van der Waals surface area contributed by atoms with E-state index in [2.05, 4.69) is 6.92 Å². The largest absolute Gasteiger partial charge is 0.491 e. The molecule has 0 heterocycles. The van der Waals surface area contributed by atoms with E-state index in [-0.39, 0.29) is 22.6 Å². The molecule has 0 N–H and O–H groups in total. The van der Waals surface area contributed by atoms with Crippen LogP contribution in [0.25, 0.3) is 0 Å². The van der Waals surface area contributed by atoms with Crippen LogP contribution in [0.4, 0.5) is 4.39 Å². The zero-order chi connectivity index (χ0) is 27.2. The van der Waals surface area contributed by atoms with Gasteiger partial charge < -0.3 is 14.2 Å². The Balaban J connectivity index is 1.44. The second-order valence-corrected chi connectivity index (χ2v) is 8.91. The molecule has 0 amide bonds. The normalized spacial score (nSPS) is 10.4. The molecule has 0 radical (unpaired) electrons. The Labute approximate surface area is 223 Å². The third-order valence-corrected chi connectivity index (χ3v) is 5.92. The molecule has 0 bridgehead atoms. The van der Waals surface area contributed by atoms with Gasteiger partial charge in [0, 0.05) is 0 Å². The molecule has 0 unspecified atom stereocenters. The van der Waals surface area contributed by atoms with E-state index in [1.165, 1.54) is 80.6 Å². The number of esters is 2. The van der Waals surface area contributed by atoms with Crippen molar-refractivity contribution in [2.75, 3.05) is 6.61 Å². The number of ether oxygens (including phenoxy) is 3. The maximum atomic E-state index is 14.5. The number of carbonyl (C=O) groups is 2. The van der Waals surface area contributed by atoms with Crippen molar-refractivity contribution >= 4 is 11.9 Å². The lowest BCUT2D eigenvalue weighted by molar-refractivity contribution is 0.0730. The summed E-state index contributed by atoms with van der Waals surface area (Å²) in [6, 6.07) is 17.9. The van der Waals surface area contributed by atoms with Gasteiger partial charge in [-0.2, -0.15) is 5.26 Å². The molecular weight excluding hydrogens is 485 g/mol. The first kappa shape index (κ1) is 28.4. The molecule has 0 aliphatic rings. The molecule has 0 saturated carbocycles. The van der Waals surface area contributed by atoms with Crippen molar-refractivity contribution in [2.24, 2.45) is 0 Å². The van der Waals surface area contributed by atoms with Crippen LogP contribution >= 0.6 is 0 Å². The lowest BCUT2D eigenvalue weighted by Gasteiger charge is -2.09. The summed E-state index contributed by atoms with van der Waals surface area (Å²) in [4.78, 5) is 24.8. The zero-order valence-electron chi connectivity index (χ0n) is 21.6. The van der Waals surface area contributed by atoms with Crippen molar-refractivity contribution in [2.45, 2.75) is 58.3 Å². The molecule has 3 aromatic rings. The zero-order valence-corrected chi connectivity index (χ0v) is 21.6. The van der Waals surface area contributed by atoms with Gasteiger partial charge in [-0.3, -0.25) is 0 Å². The van der Waals surface area contributed by atoms with E-state index >= 15 is 0 Å². The van der Waals surface area contributed by atoms with Crippen LogP contribution in [0.3, 0.4) is 0 Å². The highest BCUT2D eigenvalue weighted by Gasteiger charge is 2.14. The minimum atomic E-state index is -0.730. The molecule has 0 spiro atoms. The first-order valence-corrected chi connectivity index (χ1v) is 13.0. The van der Waals surface area contributed by atoms with E-state index in [0.29, 0.717) is 17.9 Å². The number of halogens is 1. The molecule has 0 atom stereocenters. The van der Waals surface area contributed by atoms with Crippen LogP contribution in [0.5, 0.6) is 17.2 Å². The highest BCUT2D eigenvalue weighted by atomic mass is 19.1. The third-order valence-electron chi connectivity index (χ3n) is 5.92. The van der Waals surface area contributed by atoms with Crippen LogP contribution in [0.15, 0.2) is 66.7 Å². The molecule has 38 heavy (non-hydrogen) atoms. The smallest absolute Gasteiger partial charge is 0.343 e. The maximum Gasteiger partial charge on any atom is 0.343 e. The Bertz CT molecular complexity index is 1230. The summed E-state index contributed by atoms with van der Waals surface area (Å²) in [6.45, 7) is 2.63. The van der Waals surface area contributed by atoms with Gasteiger partial charge in [-0.25, -0.2) is 14.0 Å². The molecule has 3 rings (SSSR count). The van der Waals surface area contributed by atoms with E-state index in [0.717, 1.165) is 25.3 Å². The predicted molar refractivity (Wildman–Crippen MR) is 142 cm³/mol. The van der Waals surface area contributed by atoms with Crippen molar-refractivity contribution in [3.05, 3.63) is 89.2 Å². The van der Waals surface area contributed by atoms with Crippen molar-refractivity contribution in [1.82, 2.24) is 0 Å². The van der Waals surface area contributed by atoms with E-state index in [1.807, 2.05) is 6.07 Å². The van der Waals surface area contributed by atoms with Crippen LogP contribution in [0.1, 0.15) is 84.6 Å². The molecule has 6 nitrogen and oxygen atoms in total. The van der Waals surface area contributed by atoms with Gasteiger partial charge in [0.15, 0.2) is 11.6 Å². The number of hydrogen-bond acceptors (Lipinski definition) is 6. The van der Waals surface area contributed by atoms with Crippen LogP contribution < -0.4 is 14.2 Å². The summed E-state index contributed by atoms with van der Waals surface area (Å²) in [5.41, 5.74) is 0.751. The van der Waals surface area contributed by atoms with Crippen molar-refractivity contribution in [3.8, 4) is 23.3 Å². The number of hydrogen-bond donors (Lipinski definition) is 0. The molecule has 198 valence electrons. The Morgan fingerprint density at radius 1 is 0.737 bits per heavy atom. The summed E-state index contributed by atoms with van der Waals surface area (Å²) < 4.78 is 30.6. The average Bonchev–Trinajstić information content (AvgIpc) is 2.93. The van der Waals surface area contributed by atoms with Crippen molar-refractivity contribution in [1.29, 1.82) is 5.26 Å². The molecule has 0 saturated heterocycles. The monoisotopic (exact) mass is 517 g/mol. The average molecular weight is 518 g/mol. The number of nitriles is 1. The molecule has 0 aromatic heterocycles. The Morgan fingerprint density at radius 2 is 1.26 bits per heavy atom. The number of carbonyl (C=O) groups excluding carboxylic acids is 2. The standard InChI is InChI=1S/C31H32FNO5/c1-2-3-4-5-6-7-8-9-20-36-29-19-14-25(21-28(29)32)31(35)38-27-17-12-24(13-18-27)30(34)37-26-15-10-23(22-33)11-16-26/h10-19,21H,2-9,20H2,1H3. The minimum Gasteiger partial charge on any atom is -0.491 e. The molecule has 0 aliphatic carbocycles. The van der Waals surface area contributed by atoms with Gasteiger partial charge >= 0.3 is 11.9 Å². The fourth-order valence-electron chi connectivity index (χ4n) is 3.75. The number of unbranched alkanes of at least 4 members (excludes halogenated alkanes) is 7. The topological polar surface area (TPSA) is 85.6 Å². The van der Waals surface area contributed by atoms with Crippen LogP contribution in [0.2, 0.25) is 0 Å². The molecule has 0 fully saturated rings. The van der Waals surface area contributed by atoms with Crippen LogP contribution in [-0.2, 0) is 0 Å².